The quantitative estimate of drug-likeness (QED) is 0.897. The number of halogens is 3. The molecule has 0 saturated carbocycles. The molecule has 0 bridgehead atoms. The summed E-state index contributed by atoms with van der Waals surface area (Å²) >= 11 is 3.21. The lowest BCUT2D eigenvalue weighted by atomic mass is 10.0. The van der Waals surface area contributed by atoms with Crippen LogP contribution in [-0.4, -0.2) is 42.6 Å². The molecule has 100 valence electrons. The number of hydrogen-bond donors (Lipinski definition) is 2. The van der Waals surface area contributed by atoms with E-state index >= 15 is 0 Å². The van der Waals surface area contributed by atoms with Gasteiger partial charge < -0.3 is 10.4 Å². The van der Waals surface area contributed by atoms with Crippen molar-refractivity contribution in [1.82, 2.24) is 10.2 Å². The Labute approximate surface area is 113 Å². The Morgan fingerprint density at radius 3 is 2.50 bits per heavy atom. The molecule has 2 rings (SSSR count). The van der Waals surface area contributed by atoms with E-state index in [1.165, 1.54) is 6.07 Å². The summed E-state index contributed by atoms with van der Waals surface area (Å²) in [5.74, 6) is -0.0896. The fourth-order valence-corrected chi connectivity index (χ4v) is 2.57. The minimum atomic E-state index is -2.52. The van der Waals surface area contributed by atoms with Gasteiger partial charge in [0.05, 0.1) is 6.04 Å². The van der Waals surface area contributed by atoms with Gasteiger partial charge in [-0.25, -0.2) is 8.78 Å². The van der Waals surface area contributed by atoms with Crippen LogP contribution in [0.3, 0.4) is 0 Å². The van der Waals surface area contributed by atoms with Crippen molar-refractivity contribution in [3.63, 3.8) is 0 Å². The molecule has 0 amide bonds. The van der Waals surface area contributed by atoms with Crippen molar-refractivity contribution in [2.24, 2.45) is 0 Å². The number of phenolic OH excluding ortho intramolecular Hbond substituents is 1. The van der Waals surface area contributed by atoms with E-state index in [0.717, 1.165) is 0 Å². The molecule has 0 spiro atoms. The molecular weight excluding hydrogens is 306 g/mol. The van der Waals surface area contributed by atoms with E-state index in [0.29, 0.717) is 30.7 Å². The lowest BCUT2D eigenvalue weighted by Crippen LogP contribution is -2.46. The summed E-state index contributed by atoms with van der Waals surface area (Å²) in [7, 11) is 0. The molecule has 1 aromatic rings. The predicted molar refractivity (Wildman–Crippen MR) is 69.0 cm³/mol. The topological polar surface area (TPSA) is 35.5 Å². The highest BCUT2D eigenvalue weighted by molar-refractivity contribution is 9.10. The fourth-order valence-electron chi connectivity index (χ4n) is 2.22. The van der Waals surface area contributed by atoms with E-state index in [9.17, 15) is 13.9 Å². The summed E-state index contributed by atoms with van der Waals surface area (Å²) in [5.41, 5.74) is 0.287. The third kappa shape index (κ3) is 2.99. The number of nitrogens with zero attached hydrogens (tertiary/aromatic N) is 1. The Kier molecular flexibility index (Phi) is 4.53. The van der Waals surface area contributed by atoms with E-state index in [1.807, 2.05) is 0 Å². The summed E-state index contributed by atoms with van der Waals surface area (Å²) < 4.78 is 27.2. The number of alkyl halides is 2. The fraction of sp³-hybridized carbons (Fsp3) is 0.500. The Morgan fingerprint density at radius 1 is 1.28 bits per heavy atom. The molecule has 18 heavy (non-hydrogen) atoms. The summed E-state index contributed by atoms with van der Waals surface area (Å²) in [5, 5.41) is 13.0. The molecule has 1 aliphatic rings. The molecule has 1 fully saturated rings. The van der Waals surface area contributed by atoms with Crippen LogP contribution in [0, 0.1) is 0 Å². The highest BCUT2D eigenvalue weighted by Crippen LogP contribution is 2.35. The highest BCUT2D eigenvalue weighted by Gasteiger charge is 2.31. The van der Waals surface area contributed by atoms with Crippen molar-refractivity contribution in [2.45, 2.75) is 12.5 Å². The van der Waals surface area contributed by atoms with Crippen LogP contribution in [-0.2, 0) is 0 Å². The van der Waals surface area contributed by atoms with Crippen molar-refractivity contribution in [3.8, 4) is 5.75 Å². The van der Waals surface area contributed by atoms with E-state index < -0.39 is 12.5 Å². The summed E-state index contributed by atoms with van der Waals surface area (Å²) in [6.45, 7) is 2.51. The summed E-state index contributed by atoms with van der Waals surface area (Å²) in [6, 6.07) is 3.64. The van der Waals surface area contributed by atoms with Crippen molar-refractivity contribution in [2.75, 3.05) is 26.2 Å². The second-order valence-corrected chi connectivity index (χ2v) is 5.18. The number of nitrogens with one attached hydrogen (secondary N) is 1. The van der Waals surface area contributed by atoms with Gasteiger partial charge in [0.1, 0.15) is 5.75 Å². The van der Waals surface area contributed by atoms with Gasteiger partial charge >= 0.3 is 0 Å². The zero-order valence-corrected chi connectivity index (χ0v) is 11.3. The minimum absolute atomic E-state index is 0.0896. The molecule has 1 aromatic carbocycles. The highest BCUT2D eigenvalue weighted by atomic mass is 79.9. The van der Waals surface area contributed by atoms with Gasteiger partial charge in [0.15, 0.2) is 0 Å². The number of aromatic hydroxyl groups is 1. The van der Waals surface area contributed by atoms with E-state index in [1.54, 1.807) is 17.0 Å². The van der Waals surface area contributed by atoms with Crippen molar-refractivity contribution in [1.29, 1.82) is 0 Å². The van der Waals surface area contributed by atoms with Crippen LogP contribution in [0.1, 0.15) is 11.6 Å². The number of piperazine rings is 1. The van der Waals surface area contributed by atoms with Gasteiger partial charge in [-0.2, -0.15) is 0 Å². The van der Waals surface area contributed by atoms with Crippen LogP contribution < -0.4 is 5.32 Å². The first-order valence-electron chi connectivity index (χ1n) is 5.81. The van der Waals surface area contributed by atoms with E-state index in [2.05, 4.69) is 21.2 Å². The van der Waals surface area contributed by atoms with Gasteiger partial charge in [-0.15, -0.1) is 0 Å². The van der Waals surface area contributed by atoms with Gasteiger partial charge in [0, 0.05) is 36.2 Å². The van der Waals surface area contributed by atoms with E-state index in [4.69, 9.17) is 0 Å². The number of phenols is 1. The first-order valence-corrected chi connectivity index (χ1v) is 6.60. The Bertz CT molecular complexity index is 411. The SMILES string of the molecule is Oc1cc(Br)ccc1[C@H](C(F)F)N1CCNCC1. The van der Waals surface area contributed by atoms with E-state index in [-0.39, 0.29) is 11.3 Å². The monoisotopic (exact) mass is 320 g/mol. The second-order valence-electron chi connectivity index (χ2n) is 4.27. The summed E-state index contributed by atoms with van der Waals surface area (Å²) in [6.07, 6.45) is -2.52. The van der Waals surface area contributed by atoms with Crippen LogP contribution >= 0.6 is 15.9 Å². The first-order chi connectivity index (χ1) is 8.59. The minimum Gasteiger partial charge on any atom is -0.508 e. The molecule has 1 saturated heterocycles. The molecule has 0 unspecified atom stereocenters. The van der Waals surface area contributed by atoms with Crippen molar-refractivity contribution < 1.29 is 13.9 Å². The Morgan fingerprint density at radius 2 is 1.94 bits per heavy atom. The second kappa shape index (κ2) is 5.95. The predicted octanol–water partition coefficient (Wildman–Crippen LogP) is 2.37. The lowest BCUT2D eigenvalue weighted by molar-refractivity contribution is 0.0170. The van der Waals surface area contributed by atoms with Gasteiger partial charge in [0.25, 0.3) is 6.43 Å². The average Bonchev–Trinajstić information content (AvgIpc) is 2.33. The van der Waals surface area contributed by atoms with Gasteiger partial charge in [-0.05, 0) is 12.1 Å². The van der Waals surface area contributed by atoms with Crippen molar-refractivity contribution in [3.05, 3.63) is 28.2 Å². The maximum absolute atomic E-state index is 13.3. The first kappa shape index (κ1) is 13.7. The van der Waals surface area contributed by atoms with Crippen LogP contribution in [0.15, 0.2) is 22.7 Å². The maximum atomic E-state index is 13.3. The maximum Gasteiger partial charge on any atom is 0.258 e. The lowest BCUT2D eigenvalue weighted by Gasteiger charge is -2.34. The summed E-state index contributed by atoms with van der Waals surface area (Å²) in [4.78, 5) is 1.71. The molecule has 0 aliphatic carbocycles. The van der Waals surface area contributed by atoms with Crippen LogP contribution in [0.4, 0.5) is 8.78 Å². The molecule has 3 nitrogen and oxygen atoms in total. The smallest absolute Gasteiger partial charge is 0.258 e. The zero-order chi connectivity index (χ0) is 13.1. The molecular formula is C12H15BrF2N2O. The molecule has 6 heteroatoms. The molecule has 1 atom stereocenters. The largest absolute Gasteiger partial charge is 0.508 e. The Hall–Kier alpha value is -0.720. The molecule has 1 aliphatic heterocycles. The third-order valence-electron chi connectivity index (χ3n) is 3.09. The van der Waals surface area contributed by atoms with Gasteiger partial charge in [-0.3, -0.25) is 4.90 Å². The number of hydrogen-bond acceptors (Lipinski definition) is 3. The molecule has 1 heterocycles. The zero-order valence-electron chi connectivity index (χ0n) is 9.74. The Balaban J connectivity index is 2.28. The van der Waals surface area contributed by atoms with Crippen molar-refractivity contribution >= 4 is 15.9 Å². The molecule has 0 radical (unpaired) electrons. The molecule has 2 N–H and O–H groups in total. The molecule has 0 aromatic heterocycles. The standard InChI is InChI=1S/C12H15BrF2N2O/c13-8-1-2-9(10(18)7-8)11(12(14)15)17-5-3-16-4-6-17/h1-2,7,11-12,16,18H,3-6H2/t11-/m1/s1. The van der Waals surface area contributed by atoms with Crippen LogP contribution in [0.5, 0.6) is 5.75 Å². The average molecular weight is 321 g/mol. The third-order valence-corrected chi connectivity index (χ3v) is 3.59. The number of rotatable bonds is 3. The van der Waals surface area contributed by atoms with Gasteiger partial charge in [-0.1, -0.05) is 22.0 Å². The van der Waals surface area contributed by atoms with Gasteiger partial charge in [0.2, 0.25) is 0 Å². The van der Waals surface area contributed by atoms with Crippen LogP contribution in [0.25, 0.3) is 0 Å². The normalized spacial score (nSPS) is 19.1. The number of benzene rings is 1. The van der Waals surface area contributed by atoms with Crippen LogP contribution in [0.2, 0.25) is 0 Å².